The summed E-state index contributed by atoms with van der Waals surface area (Å²) in [6, 6.07) is 5.63. The van der Waals surface area contributed by atoms with Gasteiger partial charge in [-0.2, -0.15) is 0 Å². The maximum Gasteiger partial charge on any atom is 0.230 e. The summed E-state index contributed by atoms with van der Waals surface area (Å²) < 4.78 is 6.20. The van der Waals surface area contributed by atoms with E-state index in [1.165, 1.54) is 11.3 Å². The molecule has 5 nitrogen and oxygen atoms in total. The Balaban J connectivity index is 2.00. The van der Waals surface area contributed by atoms with Crippen LogP contribution in [0.4, 0.5) is 5.13 Å². The Morgan fingerprint density at radius 1 is 1.56 bits per heavy atom. The standard InChI is InChI=1S/C12H13N3O2S/c1-17-8-2-3-10-9(5-8)14-12(18-10)15-6-7(13)4-11(15)16/h2-3,5,7H,4,6,13H2,1H3. The van der Waals surface area contributed by atoms with E-state index in [1.54, 1.807) is 12.0 Å². The van der Waals surface area contributed by atoms with Crippen LogP contribution in [0.5, 0.6) is 5.75 Å². The number of rotatable bonds is 2. The number of hydrogen-bond donors (Lipinski definition) is 1. The Kier molecular flexibility index (Phi) is 2.68. The number of nitrogens with two attached hydrogens (primary N) is 1. The Hall–Kier alpha value is -1.66. The molecule has 3 rings (SSSR count). The lowest BCUT2D eigenvalue weighted by Gasteiger charge is -2.10. The summed E-state index contributed by atoms with van der Waals surface area (Å²) in [4.78, 5) is 17.9. The van der Waals surface area contributed by atoms with Crippen molar-refractivity contribution in [2.75, 3.05) is 18.6 Å². The third-order valence-corrected chi connectivity index (χ3v) is 4.03. The molecule has 1 aromatic heterocycles. The molecule has 1 unspecified atom stereocenters. The van der Waals surface area contributed by atoms with Crippen molar-refractivity contribution in [2.45, 2.75) is 12.5 Å². The summed E-state index contributed by atoms with van der Waals surface area (Å²) >= 11 is 1.50. The summed E-state index contributed by atoms with van der Waals surface area (Å²) in [7, 11) is 1.62. The number of thiazole rings is 1. The number of anilines is 1. The first-order valence-corrected chi connectivity index (χ1v) is 6.49. The van der Waals surface area contributed by atoms with E-state index in [0.717, 1.165) is 21.1 Å². The van der Waals surface area contributed by atoms with Gasteiger partial charge in [-0.05, 0) is 12.1 Å². The fourth-order valence-corrected chi connectivity index (χ4v) is 3.03. The van der Waals surface area contributed by atoms with E-state index < -0.39 is 0 Å². The molecule has 1 aliphatic rings. The summed E-state index contributed by atoms with van der Waals surface area (Å²) in [6.45, 7) is 0.551. The molecule has 6 heteroatoms. The van der Waals surface area contributed by atoms with Crippen molar-refractivity contribution in [3.8, 4) is 5.75 Å². The monoisotopic (exact) mass is 263 g/mol. The molecular formula is C12H13N3O2S. The summed E-state index contributed by atoms with van der Waals surface area (Å²) in [5.74, 6) is 0.817. The molecule has 1 aliphatic heterocycles. The maximum atomic E-state index is 11.8. The first-order chi connectivity index (χ1) is 8.67. The van der Waals surface area contributed by atoms with Gasteiger partial charge in [-0.3, -0.25) is 9.69 Å². The van der Waals surface area contributed by atoms with Gasteiger partial charge in [0.1, 0.15) is 5.75 Å². The summed E-state index contributed by atoms with van der Waals surface area (Å²) in [5, 5.41) is 0.719. The van der Waals surface area contributed by atoms with Crippen LogP contribution in [0.2, 0.25) is 0 Å². The molecule has 1 saturated heterocycles. The minimum atomic E-state index is -0.0842. The highest BCUT2D eigenvalue weighted by Crippen LogP contribution is 2.32. The number of nitrogens with zero attached hydrogens (tertiary/aromatic N) is 2. The van der Waals surface area contributed by atoms with Crippen LogP contribution in [0.3, 0.4) is 0 Å². The lowest BCUT2D eigenvalue weighted by Crippen LogP contribution is -2.27. The molecule has 0 aliphatic carbocycles. The van der Waals surface area contributed by atoms with Gasteiger partial charge in [-0.1, -0.05) is 11.3 Å². The minimum Gasteiger partial charge on any atom is -0.497 e. The van der Waals surface area contributed by atoms with Crippen LogP contribution in [-0.4, -0.2) is 30.6 Å². The number of ether oxygens (including phenoxy) is 1. The van der Waals surface area contributed by atoms with Crippen LogP contribution in [-0.2, 0) is 4.79 Å². The van der Waals surface area contributed by atoms with Crippen LogP contribution in [0.25, 0.3) is 10.2 Å². The predicted molar refractivity (Wildman–Crippen MR) is 71.1 cm³/mol. The first-order valence-electron chi connectivity index (χ1n) is 5.68. The molecule has 0 bridgehead atoms. The van der Waals surface area contributed by atoms with E-state index in [-0.39, 0.29) is 11.9 Å². The smallest absolute Gasteiger partial charge is 0.230 e. The van der Waals surface area contributed by atoms with Gasteiger partial charge in [-0.25, -0.2) is 4.98 Å². The number of benzene rings is 1. The number of methoxy groups -OCH3 is 1. The molecule has 0 saturated carbocycles. The van der Waals surface area contributed by atoms with E-state index in [0.29, 0.717) is 13.0 Å². The predicted octanol–water partition coefficient (Wildman–Crippen LogP) is 1.37. The Labute approximate surface area is 108 Å². The maximum absolute atomic E-state index is 11.8. The first kappa shape index (κ1) is 11.4. The van der Waals surface area contributed by atoms with Gasteiger partial charge < -0.3 is 10.5 Å². The lowest BCUT2D eigenvalue weighted by atomic mass is 10.3. The van der Waals surface area contributed by atoms with Crippen molar-refractivity contribution < 1.29 is 9.53 Å². The van der Waals surface area contributed by atoms with Crippen molar-refractivity contribution >= 4 is 32.6 Å². The van der Waals surface area contributed by atoms with Gasteiger partial charge in [-0.15, -0.1) is 0 Å². The van der Waals surface area contributed by atoms with E-state index >= 15 is 0 Å². The highest BCUT2D eigenvalue weighted by atomic mass is 32.1. The SMILES string of the molecule is COc1ccc2sc(N3CC(N)CC3=O)nc2c1. The number of fused-ring (bicyclic) bond motifs is 1. The Morgan fingerprint density at radius 3 is 3.06 bits per heavy atom. The molecule has 1 aromatic carbocycles. The number of aromatic nitrogens is 1. The molecule has 0 spiro atoms. The molecule has 2 N–H and O–H groups in total. The van der Waals surface area contributed by atoms with Crippen LogP contribution >= 0.6 is 11.3 Å². The van der Waals surface area contributed by atoms with Crippen LogP contribution in [0.15, 0.2) is 18.2 Å². The molecule has 2 heterocycles. The average molecular weight is 263 g/mol. The van der Waals surface area contributed by atoms with Crippen molar-refractivity contribution in [3.05, 3.63) is 18.2 Å². The van der Waals surface area contributed by atoms with Crippen molar-refractivity contribution in [2.24, 2.45) is 5.73 Å². The third-order valence-electron chi connectivity index (χ3n) is 2.97. The lowest BCUT2D eigenvalue weighted by molar-refractivity contribution is -0.117. The van der Waals surface area contributed by atoms with Gasteiger partial charge in [0.2, 0.25) is 5.91 Å². The second kappa shape index (κ2) is 4.22. The van der Waals surface area contributed by atoms with Gasteiger partial charge in [0.05, 0.1) is 17.3 Å². The zero-order valence-corrected chi connectivity index (χ0v) is 10.7. The number of amides is 1. The number of carbonyl (C=O) groups excluding carboxylic acids is 1. The van der Waals surface area contributed by atoms with Crippen molar-refractivity contribution in [3.63, 3.8) is 0 Å². The van der Waals surface area contributed by atoms with E-state index in [2.05, 4.69) is 4.98 Å². The Bertz CT molecular complexity index is 610. The summed E-state index contributed by atoms with van der Waals surface area (Å²) in [6.07, 6.45) is 0.402. The zero-order chi connectivity index (χ0) is 12.7. The average Bonchev–Trinajstić information content (AvgIpc) is 2.90. The molecule has 1 fully saturated rings. The van der Waals surface area contributed by atoms with E-state index in [1.807, 2.05) is 18.2 Å². The molecular weight excluding hydrogens is 250 g/mol. The van der Waals surface area contributed by atoms with Crippen LogP contribution < -0.4 is 15.4 Å². The second-order valence-electron chi connectivity index (χ2n) is 4.30. The quantitative estimate of drug-likeness (QED) is 0.888. The molecule has 1 amide bonds. The molecule has 18 heavy (non-hydrogen) atoms. The number of carbonyl (C=O) groups is 1. The van der Waals surface area contributed by atoms with Crippen LogP contribution in [0.1, 0.15) is 6.42 Å². The normalized spacial score (nSPS) is 19.8. The molecule has 0 radical (unpaired) electrons. The topological polar surface area (TPSA) is 68.5 Å². The zero-order valence-electron chi connectivity index (χ0n) is 9.92. The van der Waals surface area contributed by atoms with Gasteiger partial charge >= 0.3 is 0 Å². The van der Waals surface area contributed by atoms with E-state index in [9.17, 15) is 4.79 Å². The van der Waals surface area contributed by atoms with Gasteiger partial charge in [0.15, 0.2) is 5.13 Å². The highest BCUT2D eigenvalue weighted by Gasteiger charge is 2.30. The molecule has 1 atom stereocenters. The molecule has 94 valence electrons. The fourth-order valence-electron chi connectivity index (χ4n) is 2.06. The van der Waals surface area contributed by atoms with E-state index in [4.69, 9.17) is 10.5 Å². The van der Waals surface area contributed by atoms with Gasteiger partial charge in [0.25, 0.3) is 0 Å². The fraction of sp³-hybridized carbons (Fsp3) is 0.333. The second-order valence-corrected chi connectivity index (χ2v) is 5.31. The highest BCUT2D eigenvalue weighted by molar-refractivity contribution is 7.22. The molecule has 2 aromatic rings. The van der Waals surface area contributed by atoms with Crippen molar-refractivity contribution in [1.82, 2.24) is 4.98 Å². The van der Waals surface area contributed by atoms with Gasteiger partial charge in [0, 0.05) is 25.1 Å². The minimum absolute atomic E-state index is 0.0496. The summed E-state index contributed by atoms with van der Waals surface area (Å²) in [5.41, 5.74) is 6.64. The number of hydrogen-bond acceptors (Lipinski definition) is 5. The van der Waals surface area contributed by atoms with Crippen molar-refractivity contribution in [1.29, 1.82) is 0 Å². The largest absolute Gasteiger partial charge is 0.497 e. The third kappa shape index (κ3) is 1.83. The van der Waals surface area contributed by atoms with Crippen LogP contribution in [0, 0.1) is 0 Å². The Morgan fingerprint density at radius 2 is 2.39 bits per heavy atom.